The number of hydrogen-bond acceptors (Lipinski definition) is 6. The highest BCUT2D eigenvalue weighted by Gasteiger charge is 2.22. The Bertz CT molecular complexity index is 853. The summed E-state index contributed by atoms with van der Waals surface area (Å²) in [6.45, 7) is 1.88. The van der Waals surface area contributed by atoms with E-state index in [0.29, 0.717) is 5.89 Å². The van der Waals surface area contributed by atoms with Crippen LogP contribution in [0.25, 0.3) is 0 Å². The third-order valence-corrected chi connectivity index (χ3v) is 6.35. The summed E-state index contributed by atoms with van der Waals surface area (Å²) in [5.74, 6) is 0.0709. The second-order valence-electron chi connectivity index (χ2n) is 6.71. The highest BCUT2D eigenvalue weighted by atomic mass is 32.2. The molecule has 140 valence electrons. The summed E-state index contributed by atoms with van der Waals surface area (Å²) < 4.78 is 30.1. The summed E-state index contributed by atoms with van der Waals surface area (Å²) in [5, 5.41) is 10.3. The molecule has 0 spiro atoms. The van der Waals surface area contributed by atoms with Crippen LogP contribution in [0, 0.1) is 6.92 Å². The number of sulfone groups is 1. The number of hydrogen-bond donors (Lipinski definition) is 1. The normalized spacial score (nSPS) is 15.7. The summed E-state index contributed by atoms with van der Waals surface area (Å²) in [6.07, 6.45) is 5.38. The lowest BCUT2D eigenvalue weighted by Crippen LogP contribution is -2.17. The summed E-state index contributed by atoms with van der Waals surface area (Å²) >= 11 is 0. The Kier molecular flexibility index (Phi) is 5.70. The van der Waals surface area contributed by atoms with Crippen LogP contribution in [0.5, 0.6) is 0 Å². The second kappa shape index (κ2) is 7.99. The quantitative estimate of drug-likeness (QED) is 0.829. The standard InChI is InChI=1S/C18H23N3O4S/c1-13-7-9-15(10-8-13)26(23,24)12-11-16(22)19-18-21-20-17(25-18)14-5-3-2-4-6-14/h7-10,14H,2-6,11-12H2,1H3,(H,19,21,22). The molecule has 7 nitrogen and oxygen atoms in total. The maximum Gasteiger partial charge on any atom is 0.322 e. The third kappa shape index (κ3) is 4.69. The number of nitrogens with one attached hydrogen (secondary N) is 1. The number of carbonyl (C=O) groups is 1. The molecular formula is C18H23N3O4S. The van der Waals surface area contributed by atoms with Gasteiger partial charge in [0.25, 0.3) is 0 Å². The zero-order chi connectivity index (χ0) is 18.6. The smallest absolute Gasteiger partial charge is 0.322 e. The van der Waals surface area contributed by atoms with Gasteiger partial charge in [0, 0.05) is 12.3 Å². The molecule has 8 heteroatoms. The minimum Gasteiger partial charge on any atom is -0.408 e. The number of benzene rings is 1. The fourth-order valence-electron chi connectivity index (χ4n) is 3.07. The predicted octanol–water partition coefficient (Wildman–Crippen LogP) is 3.23. The van der Waals surface area contributed by atoms with E-state index in [1.807, 2.05) is 6.92 Å². The van der Waals surface area contributed by atoms with Gasteiger partial charge in [-0.1, -0.05) is 42.1 Å². The monoisotopic (exact) mass is 377 g/mol. The SMILES string of the molecule is Cc1ccc(S(=O)(=O)CCC(=O)Nc2nnc(C3CCCCC3)o2)cc1. The van der Waals surface area contributed by atoms with E-state index in [0.717, 1.165) is 31.2 Å². The molecule has 1 aliphatic carbocycles. The molecule has 26 heavy (non-hydrogen) atoms. The largest absolute Gasteiger partial charge is 0.408 e. The van der Waals surface area contributed by atoms with Crippen LogP contribution in [0.15, 0.2) is 33.6 Å². The van der Waals surface area contributed by atoms with Crippen LogP contribution >= 0.6 is 0 Å². The number of rotatable bonds is 6. The van der Waals surface area contributed by atoms with Gasteiger partial charge in [-0.2, -0.15) is 0 Å². The van der Waals surface area contributed by atoms with Gasteiger partial charge in [-0.25, -0.2) is 8.42 Å². The number of anilines is 1. The molecule has 3 rings (SSSR count). The van der Waals surface area contributed by atoms with Gasteiger partial charge in [0.15, 0.2) is 9.84 Å². The van der Waals surface area contributed by atoms with Crippen molar-refractivity contribution in [3.63, 3.8) is 0 Å². The minimum atomic E-state index is -3.50. The maximum absolute atomic E-state index is 12.3. The molecule has 2 aromatic rings. The number of nitrogens with zero attached hydrogens (tertiary/aromatic N) is 2. The Hall–Kier alpha value is -2.22. The molecule has 0 saturated heterocycles. The second-order valence-corrected chi connectivity index (χ2v) is 8.82. The molecule has 1 aromatic carbocycles. The zero-order valence-corrected chi connectivity index (χ0v) is 15.6. The van der Waals surface area contributed by atoms with Gasteiger partial charge in [0.1, 0.15) is 0 Å². The fraction of sp³-hybridized carbons (Fsp3) is 0.500. The Labute approximate surface area is 153 Å². The Balaban J connectivity index is 1.54. The van der Waals surface area contributed by atoms with Crippen LogP contribution in [-0.2, 0) is 14.6 Å². The Morgan fingerprint density at radius 1 is 1.15 bits per heavy atom. The molecule has 0 atom stereocenters. The van der Waals surface area contributed by atoms with Crippen LogP contribution in [0.4, 0.5) is 6.01 Å². The molecule has 1 amide bonds. The van der Waals surface area contributed by atoms with Gasteiger partial charge in [-0.15, -0.1) is 5.10 Å². The van der Waals surface area contributed by atoms with E-state index in [1.165, 1.54) is 6.42 Å². The zero-order valence-electron chi connectivity index (χ0n) is 14.8. The summed E-state index contributed by atoms with van der Waals surface area (Å²) in [7, 11) is -3.50. The first-order chi connectivity index (χ1) is 12.4. The first kappa shape index (κ1) is 18.6. The van der Waals surface area contributed by atoms with Crippen molar-refractivity contribution < 1.29 is 17.6 Å². The summed E-state index contributed by atoms with van der Waals surface area (Å²) in [5.41, 5.74) is 0.979. The molecule has 0 aliphatic heterocycles. The van der Waals surface area contributed by atoms with Gasteiger partial charge in [0.05, 0.1) is 10.6 Å². The van der Waals surface area contributed by atoms with E-state index in [1.54, 1.807) is 24.3 Å². The number of aromatic nitrogens is 2. The van der Waals surface area contributed by atoms with E-state index in [2.05, 4.69) is 15.5 Å². The number of amides is 1. The highest BCUT2D eigenvalue weighted by Crippen LogP contribution is 2.32. The van der Waals surface area contributed by atoms with Crippen molar-refractivity contribution in [1.29, 1.82) is 0 Å². The number of carbonyl (C=O) groups excluding carboxylic acids is 1. The van der Waals surface area contributed by atoms with Gasteiger partial charge in [-0.3, -0.25) is 10.1 Å². The molecule has 1 saturated carbocycles. The minimum absolute atomic E-state index is 0.0308. The lowest BCUT2D eigenvalue weighted by atomic mass is 9.89. The van der Waals surface area contributed by atoms with E-state index < -0.39 is 15.7 Å². The van der Waals surface area contributed by atoms with Crippen LogP contribution in [0.1, 0.15) is 55.9 Å². The van der Waals surface area contributed by atoms with Crippen LogP contribution in [0.3, 0.4) is 0 Å². The molecule has 0 bridgehead atoms. The first-order valence-electron chi connectivity index (χ1n) is 8.87. The lowest BCUT2D eigenvalue weighted by Gasteiger charge is -2.17. The van der Waals surface area contributed by atoms with Gasteiger partial charge >= 0.3 is 6.01 Å². The average Bonchev–Trinajstić information content (AvgIpc) is 3.10. The van der Waals surface area contributed by atoms with Gasteiger partial charge < -0.3 is 4.42 Å². The number of aryl methyl sites for hydroxylation is 1. The van der Waals surface area contributed by atoms with Crippen LogP contribution < -0.4 is 5.32 Å². The van der Waals surface area contributed by atoms with Gasteiger partial charge in [-0.05, 0) is 31.9 Å². The van der Waals surface area contributed by atoms with Crippen molar-refractivity contribution in [2.45, 2.75) is 56.3 Å². The van der Waals surface area contributed by atoms with E-state index in [9.17, 15) is 13.2 Å². The Morgan fingerprint density at radius 3 is 2.54 bits per heavy atom. The third-order valence-electron chi connectivity index (χ3n) is 4.62. The lowest BCUT2D eigenvalue weighted by molar-refractivity contribution is -0.116. The van der Waals surface area contributed by atoms with E-state index in [4.69, 9.17) is 4.42 Å². The van der Waals surface area contributed by atoms with Gasteiger partial charge in [0.2, 0.25) is 11.8 Å². The first-order valence-corrected chi connectivity index (χ1v) is 10.5. The molecular weight excluding hydrogens is 354 g/mol. The van der Waals surface area contributed by atoms with E-state index >= 15 is 0 Å². The topological polar surface area (TPSA) is 102 Å². The van der Waals surface area contributed by atoms with E-state index in [-0.39, 0.29) is 29.0 Å². The molecule has 1 aromatic heterocycles. The van der Waals surface area contributed by atoms with Crippen molar-refractivity contribution in [1.82, 2.24) is 10.2 Å². The summed E-state index contributed by atoms with van der Waals surface area (Å²) in [6, 6.07) is 6.60. The average molecular weight is 377 g/mol. The molecule has 1 fully saturated rings. The van der Waals surface area contributed by atoms with Crippen molar-refractivity contribution in [3.8, 4) is 0 Å². The predicted molar refractivity (Wildman–Crippen MR) is 96.6 cm³/mol. The molecule has 0 radical (unpaired) electrons. The summed E-state index contributed by atoms with van der Waals surface area (Å²) in [4.78, 5) is 12.2. The van der Waals surface area contributed by atoms with Crippen molar-refractivity contribution >= 4 is 21.8 Å². The molecule has 0 unspecified atom stereocenters. The fourth-order valence-corrected chi connectivity index (χ4v) is 4.31. The van der Waals surface area contributed by atoms with Crippen molar-refractivity contribution in [3.05, 3.63) is 35.7 Å². The van der Waals surface area contributed by atoms with Crippen molar-refractivity contribution in [2.24, 2.45) is 0 Å². The highest BCUT2D eigenvalue weighted by molar-refractivity contribution is 7.91. The maximum atomic E-state index is 12.3. The molecule has 1 N–H and O–H groups in total. The van der Waals surface area contributed by atoms with Crippen LogP contribution in [0.2, 0.25) is 0 Å². The molecule has 1 aliphatic rings. The van der Waals surface area contributed by atoms with Crippen molar-refractivity contribution in [2.75, 3.05) is 11.1 Å². The van der Waals surface area contributed by atoms with Crippen LogP contribution in [-0.4, -0.2) is 30.3 Å². The Morgan fingerprint density at radius 2 is 1.85 bits per heavy atom. The molecule has 1 heterocycles.